The SMILES string of the molecule is CCOc1ccc(/C=C/C(=O)c2ccc(NC(=O)/C(=C/c3ccc(OC)cc3OC)NC(=O)c3ccccc3)cc2)cc1. The molecule has 2 N–H and O–H groups in total. The van der Waals surface area contributed by atoms with Gasteiger partial charge in [0.25, 0.3) is 11.8 Å². The van der Waals surface area contributed by atoms with E-state index in [1.807, 2.05) is 31.2 Å². The summed E-state index contributed by atoms with van der Waals surface area (Å²) in [6.07, 6.45) is 4.75. The molecule has 8 nitrogen and oxygen atoms in total. The number of hydrogen-bond acceptors (Lipinski definition) is 6. The van der Waals surface area contributed by atoms with E-state index in [4.69, 9.17) is 14.2 Å². The van der Waals surface area contributed by atoms with E-state index in [2.05, 4.69) is 10.6 Å². The Labute approximate surface area is 250 Å². The van der Waals surface area contributed by atoms with Crippen LogP contribution in [0.2, 0.25) is 0 Å². The van der Waals surface area contributed by atoms with Crippen molar-refractivity contribution >= 4 is 35.4 Å². The Morgan fingerprint density at radius 3 is 2.12 bits per heavy atom. The maximum Gasteiger partial charge on any atom is 0.272 e. The molecule has 0 atom stereocenters. The summed E-state index contributed by atoms with van der Waals surface area (Å²) in [5.41, 5.74) is 2.71. The summed E-state index contributed by atoms with van der Waals surface area (Å²) in [6.45, 7) is 2.50. The minimum atomic E-state index is -0.559. The second-order valence-electron chi connectivity index (χ2n) is 9.22. The maximum atomic E-state index is 13.4. The molecule has 0 spiro atoms. The fourth-order valence-electron chi connectivity index (χ4n) is 4.06. The van der Waals surface area contributed by atoms with Crippen LogP contribution in [0.3, 0.4) is 0 Å². The third-order valence-electron chi connectivity index (χ3n) is 6.31. The van der Waals surface area contributed by atoms with Crippen LogP contribution in [0, 0.1) is 0 Å². The van der Waals surface area contributed by atoms with Crippen molar-refractivity contribution in [1.82, 2.24) is 5.32 Å². The number of methoxy groups -OCH3 is 2. The zero-order chi connectivity index (χ0) is 30.6. The lowest BCUT2D eigenvalue weighted by molar-refractivity contribution is -0.113. The fourth-order valence-corrected chi connectivity index (χ4v) is 4.06. The summed E-state index contributed by atoms with van der Waals surface area (Å²) in [7, 11) is 3.05. The van der Waals surface area contributed by atoms with Gasteiger partial charge in [-0.15, -0.1) is 0 Å². The Morgan fingerprint density at radius 2 is 1.47 bits per heavy atom. The summed E-state index contributed by atoms with van der Waals surface area (Å²) < 4.78 is 16.2. The Balaban J connectivity index is 1.51. The van der Waals surface area contributed by atoms with E-state index >= 15 is 0 Å². The van der Waals surface area contributed by atoms with E-state index in [0.717, 1.165) is 11.3 Å². The van der Waals surface area contributed by atoms with Crippen LogP contribution in [0.15, 0.2) is 109 Å². The molecular weight excluding hydrogens is 544 g/mol. The third-order valence-corrected chi connectivity index (χ3v) is 6.31. The molecule has 0 aliphatic rings. The smallest absolute Gasteiger partial charge is 0.272 e. The molecule has 0 saturated carbocycles. The highest BCUT2D eigenvalue weighted by atomic mass is 16.5. The first kappa shape index (κ1) is 30.3. The van der Waals surface area contributed by atoms with Gasteiger partial charge in [0.1, 0.15) is 22.9 Å². The lowest BCUT2D eigenvalue weighted by Crippen LogP contribution is -2.30. The first-order valence-corrected chi connectivity index (χ1v) is 13.6. The number of amides is 2. The van der Waals surface area contributed by atoms with Crippen molar-refractivity contribution in [2.75, 3.05) is 26.1 Å². The first-order chi connectivity index (χ1) is 20.9. The minimum absolute atomic E-state index is 0.00392. The normalized spacial score (nSPS) is 11.1. The van der Waals surface area contributed by atoms with Crippen molar-refractivity contribution in [2.45, 2.75) is 6.92 Å². The van der Waals surface area contributed by atoms with Gasteiger partial charge >= 0.3 is 0 Å². The maximum absolute atomic E-state index is 13.4. The number of rotatable bonds is 12. The molecule has 0 aliphatic heterocycles. The quantitative estimate of drug-likeness (QED) is 0.149. The van der Waals surface area contributed by atoms with E-state index in [-0.39, 0.29) is 11.5 Å². The van der Waals surface area contributed by atoms with Crippen LogP contribution in [-0.2, 0) is 4.79 Å². The van der Waals surface area contributed by atoms with Crippen LogP contribution in [0.4, 0.5) is 5.69 Å². The van der Waals surface area contributed by atoms with E-state index < -0.39 is 11.8 Å². The van der Waals surface area contributed by atoms with Gasteiger partial charge in [-0.2, -0.15) is 0 Å². The lowest BCUT2D eigenvalue weighted by Gasteiger charge is -2.13. The molecule has 0 unspecified atom stereocenters. The Morgan fingerprint density at radius 1 is 0.767 bits per heavy atom. The van der Waals surface area contributed by atoms with Crippen molar-refractivity contribution in [3.8, 4) is 17.2 Å². The van der Waals surface area contributed by atoms with Crippen LogP contribution in [0.1, 0.15) is 38.8 Å². The highest BCUT2D eigenvalue weighted by molar-refractivity contribution is 6.11. The molecule has 0 fully saturated rings. The van der Waals surface area contributed by atoms with Crippen LogP contribution >= 0.6 is 0 Å². The van der Waals surface area contributed by atoms with Crippen molar-refractivity contribution < 1.29 is 28.6 Å². The van der Waals surface area contributed by atoms with E-state index in [0.29, 0.717) is 40.5 Å². The molecule has 0 heterocycles. The van der Waals surface area contributed by atoms with E-state index in [9.17, 15) is 14.4 Å². The van der Waals surface area contributed by atoms with Gasteiger partial charge < -0.3 is 24.8 Å². The number of hydrogen-bond donors (Lipinski definition) is 2. The number of ketones is 1. The zero-order valence-corrected chi connectivity index (χ0v) is 24.1. The number of benzene rings is 4. The van der Waals surface area contributed by atoms with Gasteiger partial charge in [0.15, 0.2) is 5.78 Å². The molecule has 4 aromatic carbocycles. The molecule has 43 heavy (non-hydrogen) atoms. The largest absolute Gasteiger partial charge is 0.497 e. The van der Waals surface area contributed by atoms with Crippen molar-refractivity contribution in [3.63, 3.8) is 0 Å². The number of anilines is 1. The van der Waals surface area contributed by atoms with Gasteiger partial charge in [0.05, 0.1) is 20.8 Å². The Hall–Kier alpha value is -5.63. The molecule has 0 aliphatic carbocycles. The third kappa shape index (κ3) is 8.43. The van der Waals surface area contributed by atoms with E-state index in [1.165, 1.54) is 19.3 Å². The Kier molecular flexibility index (Phi) is 10.5. The molecule has 2 amide bonds. The molecule has 0 radical (unpaired) electrons. The molecule has 0 aromatic heterocycles. The van der Waals surface area contributed by atoms with Crippen LogP contribution in [0.25, 0.3) is 12.2 Å². The number of ether oxygens (including phenoxy) is 3. The zero-order valence-electron chi connectivity index (χ0n) is 24.1. The molecule has 8 heteroatoms. The molecule has 0 saturated heterocycles. The fraction of sp³-hybridized carbons (Fsp3) is 0.114. The Bertz CT molecular complexity index is 1630. The summed E-state index contributed by atoms with van der Waals surface area (Å²) >= 11 is 0. The van der Waals surface area contributed by atoms with Gasteiger partial charge in [-0.05, 0) is 85.3 Å². The number of carbonyl (C=O) groups is 3. The van der Waals surface area contributed by atoms with Gasteiger partial charge in [0, 0.05) is 28.4 Å². The van der Waals surface area contributed by atoms with Crippen molar-refractivity contribution in [2.24, 2.45) is 0 Å². The van der Waals surface area contributed by atoms with Crippen molar-refractivity contribution in [3.05, 3.63) is 131 Å². The summed E-state index contributed by atoms with van der Waals surface area (Å²) in [6, 6.07) is 27.6. The molecule has 218 valence electrons. The predicted octanol–water partition coefficient (Wildman–Crippen LogP) is 6.41. The summed E-state index contributed by atoms with van der Waals surface area (Å²) in [5.74, 6) is 0.613. The second kappa shape index (κ2) is 14.8. The number of allylic oxidation sites excluding steroid dienone is 1. The minimum Gasteiger partial charge on any atom is -0.497 e. The summed E-state index contributed by atoms with van der Waals surface area (Å²) in [4.78, 5) is 39.1. The van der Waals surface area contributed by atoms with Gasteiger partial charge in [-0.25, -0.2) is 0 Å². The number of carbonyl (C=O) groups excluding carboxylic acids is 3. The van der Waals surface area contributed by atoms with Crippen molar-refractivity contribution in [1.29, 1.82) is 0 Å². The predicted molar refractivity (Wildman–Crippen MR) is 167 cm³/mol. The average molecular weight is 577 g/mol. The summed E-state index contributed by atoms with van der Waals surface area (Å²) in [5, 5.41) is 5.50. The number of nitrogens with one attached hydrogen (secondary N) is 2. The van der Waals surface area contributed by atoms with E-state index in [1.54, 1.807) is 86.0 Å². The molecule has 0 bridgehead atoms. The van der Waals surface area contributed by atoms with Gasteiger partial charge in [-0.1, -0.05) is 36.4 Å². The van der Waals surface area contributed by atoms with Crippen LogP contribution in [-0.4, -0.2) is 38.4 Å². The second-order valence-corrected chi connectivity index (χ2v) is 9.22. The standard InChI is InChI=1S/C35H32N2O6/c1-4-43-29-18-10-24(11-19-29)12-21-32(38)25-13-16-28(17-14-25)36-35(40)31(37-34(39)26-8-6-5-7-9-26)22-27-15-20-30(41-2)23-33(27)42-3/h5-23H,4H2,1-3H3,(H,36,40)(H,37,39)/b21-12+,31-22-. The molecule has 4 rings (SSSR count). The first-order valence-electron chi connectivity index (χ1n) is 13.6. The van der Waals surface area contributed by atoms with Gasteiger partial charge in [0.2, 0.25) is 0 Å². The van der Waals surface area contributed by atoms with Crippen LogP contribution in [0.5, 0.6) is 17.2 Å². The monoisotopic (exact) mass is 576 g/mol. The molecule has 4 aromatic rings. The topological polar surface area (TPSA) is 103 Å². The van der Waals surface area contributed by atoms with Gasteiger partial charge in [-0.3, -0.25) is 14.4 Å². The molecular formula is C35H32N2O6. The average Bonchev–Trinajstić information content (AvgIpc) is 3.04. The lowest BCUT2D eigenvalue weighted by atomic mass is 10.1. The van der Waals surface area contributed by atoms with Crippen LogP contribution < -0.4 is 24.8 Å². The highest BCUT2D eigenvalue weighted by Gasteiger charge is 2.17. The highest BCUT2D eigenvalue weighted by Crippen LogP contribution is 2.26.